The Hall–Kier alpha value is -0.500. The van der Waals surface area contributed by atoms with Crippen LogP contribution >= 0.6 is 0 Å². The lowest BCUT2D eigenvalue weighted by molar-refractivity contribution is -0.186. The van der Waals surface area contributed by atoms with Crippen LogP contribution in [0.4, 0.5) is 0 Å². The fourth-order valence-corrected chi connectivity index (χ4v) is 0.977. The van der Waals surface area contributed by atoms with Gasteiger partial charge in [-0.2, -0.15) is 0 Å². The Bertz CT molecular complexity index is 89.6. The predicted octanol–water partition coefficient (Wildman–Crippen LogP) is 3.35. The summed E-state index contributed by atoms with van der Waals surface area (Å²) in [6, 6.07) is 0. The van der Waals surface area contributed by atoms with Gasteiger partial charge in [0, 0.05) is 0 Å². The summed E-state index contributed by atoms with van der Waals surface area (Å²) in [5, 5.41) is 7.92. The van der Waals surface area contributed by atoms with Gasteiger partial charge in [0.25, 0.3) is 0 Å². The molecule has 0 saturated carbocycles. The normalized spacial score (nSPS) is 10.7. The van der Waals surface area contributed by atoms with Crippen LogP contribution in [0.3, 0.4) is 0 Å². The highest BCUT2D eigenvalue weighted by Crippen LogP contribution is 2.04. The van der Waals surface area contributed by atoms with E-state index in [2.05, 4.69) is 11.8 Å². The van der Waals surface area contributed by atoms with Gasteiger partial charge >= 0.3 is 0 Å². The van der Waals surface area contributed by atoms with Gasteiger partial charge in [-0.15, -0.1) is 0 Å². The van der Waals surface area contributed by atoms with E-state index in [0.717, 1.165) is 6.42 Å². The Morgan fingerprint density at radius 2 is 1.91 bits per heavy atom. The molecule has 11 heavy (non-hydrogen) atoms. The molecule has 0 fully saturated rings. The van der Waals surface area contributed by atoms with Crippen molar-refractivity contribution >= 4 is 0 Å². The van der Waals surface area contributed by atoms with E-state index in [9.17, 15) is 0 Å². The van der Waals surface area contributed by atoms with Crippen LogP contribution in [0.5, 0.6) is 0 Å². The predicted molar refractivity (Wildman–Crippen MR) is 46.2 cm³/mol. The zero-order chi connectivity index (χ0) is 8.36. The molecule has 0 aromatic heterocycles. The van der Waals surface area contributed by atoms with Crippen LogP contribution in [0, 0.1) is 0 Å². The third-order valence-electron chi connectivity index (χ3n) is 1.63. The lowest BCUT2D eigenvalue weighted by atomic mass is 10.1. The fourth-order valence-electron chi connectivity index (χ4n) is 0.977. The molecule has 0 rings (SSSR count). The Morgan fingerprint density at radius 3 is 2.55 bits per heavy atom. The van der Waals surface area contributed by atoms with E-state index in [4.69, 9.17) is 5.26 Å². The van der Waals surface area contributed by atoms with Crippen molar-refractivity contribution in [3.05, 3.63) is 12.3 Å². The van der Waals surface area contributed by atoms with Crippen molar-refractivity contribution in [2.24, 2.45) is 0 Å². The Morgan fingerprint density at radius 1 is 1.18 bits per heavy atom. The molecule has 0 aliphatic rings. The first-order chi connectivity index (χ1) is 5.41. The summed E-state index contributed by atoms with van der Waals surface area (Å²) >= 11 is 0. The van der Waals surface area contributed by atoms with Crippen LogP contribution in [0.15, 0.2) is 12.3 Å². The fraction of sp³-hybridized carbons (Fsp3) is 0.778. The minimum absolute atomic E-state index is 1.00. The van der Waals surface area contributed by atoms with Crippen LogP contribution in [0.2, 0.25) is 0 Å². The molecular weight excluding hydrogens is 140 g/mol. The second kappa shape index (κ2) is 9.50. The van der Waals surface area contributed by atoms with Crippen LogP contribution in [0.1, 0.15) is 45.4 Å². The summed E-state index contributed by atoms with van der Waals surface area (Å²) in [5.74, 6) is 0. The first-order valence-corrected chi connectivity index (χ1v) is 4.37. The van der Waals surface area contributed by atoms with Crippen LogP contribution in [-0.2, 0) is 4.89 Å². The molecule has 1 N–H and O–H groups in total. The SMILES string of the molecule is CCCCCCC/C=C/OO. The molecule has 0 aromatic carbocycles. The average Bonchev–Trinajstić information content (AvgIpc) is 2.03. The lowest BCUT2D eigenvalue weighted by Crippen LogP contribution is -1.76. The highest BCUT2D eigenvalue weighted by atomic mass is 17.1. The summed E-state index contributed by atoms with van der Waals surface area (Å²) in [6.07, 6.45) is 10.6. The van der Waals surface area contributed by atoms with E-state index < -0.39 is 0 Å². The molecule has 0 amide bonds. The van der Waals surface area contributed by atoms with Gasteiger partial charge in [-0.25, -0.2) is 5.26 Å². The minimum Gasteiger partial charge on any atom is -0.349 e. The number of rotatable bonds is 7. The zero-order valence-corrected chi connectivity index (χ0v) is 7.25. The molecule has 0 atom stereocenters. The summed E-state index contributed by atoms with van der Waals surface area (Å²) in [7, 11) is 0. The van der Waals surface area contributed by atoms with Crippen LogP contribution < -0.4 is 0 Å². The second-order valence-corrected chi connectivity index (χ2v) is 2.68. The van der Waals surface area contributed by atoms with Gasteiger partial charge in [-0.3, -0.25) is 0 Å². The Balaban J connectivity index is 2.85. The lowest BCUT2D eigenvalue weighted by Gasteiger charge is -1.95. The van der Waals surface area contributed by atoms with Gasteiger partial charge in [-0.05, 0) is 18.9 Å². The third-order valence-corrected chi connectivity index (χ3v) is 1.63. The molecule has 2 nitrogen and oxygen atoms in total. The first-order valence-electron chi connectivity index (χ1n) is 4.37. The van der Waals surface area contributed by atoms with Gasteiger partial charge < -0.3 is 4.89 Å². The van der Waals surface area contributed by atoms with Crippen molar-refractivity contribution in [1.82, 2.24) is 0 Å². The van der Waals surface area contributed by atoms with E-state index >= 15 is 0 Å². The zero-order valence-electron chi connectivity index (χ0n) is 7.25. The molecule has 0 aromatic rings. The van der Waals surface area contributed by atoms with E-state index in [1.54, 1.807) is 0 Å². The van der Waals surface area contributed by atoms with Crippen molar-refractivity contribution in [3.8, 4) is 0 Å². The second-order valence-electron chi connectivity index (χ2n) is 2.68. The standard InChI is InChI=1S/C9H18O2/c1-2-3-4-5-6-7-8-9-11-10/h8-10H,2-7H2,1H3/b9-8+. The molecule has 0 aliphatic heterocycles. The smallest absolute Gasteiger partial charge is 0.125 e. The van der Waals surface area contributed by atoms with E-state index in [-0.39, 0.29) is 0 Å². The van der Waals surface area contributed by atoms with Gasteiger partial charge in [0.2, 0.25) is 0 Å². The molecule has 0 bridgehead atoms. The Labute approximate surface area is 68.8 Å². The maximum absolute atomic E-state index is 7.92. The van der Waals surface area contributed by atoms with Crippen molar-refractivity contribution in [3.63, 3.8) is 0 Å². The van der Waals surface area contributed by atoms with Crippen molar-refractivity contribution in [2.75, 3.05) is 0 Å². The average molecular weight is 158 g/mol. The molecule has 0 saturated heterocycles. The molecule has 0 unspecified atom stereocenters. The minimum atomic E-state index is 1.00. The van der Waals surface area contributed by atoms with E-state index in [0.29, 0.717) is 0 Å². The summed E-state index contributed by atoms with van der Waals surface area (Å²) in [4.78, 5) is 3.79. The van der Waals surface area contributed by atoms with Gasteiger partial charge in [0.1, 0.15) is 6.26 Å². The monoisotopic (exact) mass is 158 g/mol. The number of allylic oxidation sites excluding steroid dienone is 1. The summed E-state index contributed by atoms with van der Waals surface area (Å²) < 4.78 is 0. The van der Waals surface area contributed by atoms with Crippen molar-refractivity contribution < 1.29 is 10.1 Å². The Kier molecular flexibility index (Phi) is 9.07. The van der Waals surface area contributed by atoms with E-state index in [1.165, 1.54) is 38.4 Å². The van der Waals surface area contributed by atoms with Crippen LogP contribution in [-0.4, -0.2) is 5.26 Å². The highest BCUT2D eigenvalue weighted by molar-refractivity contribution is 4.71. The van der Waals surface area contributed by atoms with Crippen molar-refractivity contribution in [1.29, 1.82) is 0 Å². The molecular formula is C9H18O2. The summed E-state index contributed by atoms with van der Waals surface area (Å²) in [6.45, 7) is 2.21. The molecule has 0 spiro atoms. The quantitative estimate of drug-likeness (QED) is 0.266. The molecule has 0 radical (unpaired) electrons. The number of unbranched alkanes of at least 4 members (excludes halogenated alkanes) is 5. The molecule has 0 heterocycles. The molecule has 0 aliphatic carbocycles. The largest absolute Gasteiger partial charge is 0.349 e. The highest BCUT2D eigenvalue weighted by Gasteiger charge is 1.85. The molecule has 66 valence electrons. The third kappa shape index (κ3) is 9.50. The number of hydrogen-bond acceptors (Lipinski definition) is 2. The van der Waals surface area contributed by atoms with E-state index in [1.807, 2.05) is 6.08 Å². The molecule has 2 heteroatoms. The maximum Gasteiger partial charge on any atom is 0.125 e. The van der Waals surface area contributed by atoms with Gasteiger partial charge in [0.05, 0.1) is 0 Å². The van der Waals surface area contributed by atoms with Crippen molar-refractivity contribution in [2.45, 2.75) is 45.4 Å². The number of hydrogen-bond donors (Lipinski definition) is 1. The van der Waals surface area contributed by atoms with Crippen LogP contribution in [0.25, 0.3) is 0 Å². The summed E-state index contributed by atoms with van der Waals surface area (Å²) in [5.41, 5.74) is 0. The first kappa shape index (κ1) is 10.5. The maximum atomic E-state index is 7.92. The van der Waals surface area contributed by atoms with Gasteiger partial charge in [0.15, 0.2) is 0 Å². The van der Waals surface area contributed by atoms with Gasteiger partial charge in [-0.1, -0.05) is 32.6 Å². The topological polar surface area (TPSA) is 29.5 Å².